The number of benzene rings is 3. The van der Waals surface area contributed by atoms with Gasteiger partial charge in [-0.3, -0.25) is 14.5 Å². The number of hydrogen-bond acceptors (Lipinski definition) is 3. The molecule has 3 aromatic rings. The number of carbonyl (C=O) groups excluding carboxylic acids is 3. The minimum atomic E-state index is -0.858. The highest BCUT2D eigenvalue weighted by molar-refractivity contribution is 6.05. The molecule has 0 saturated carbocycles. The number of nitrogens with one attached hydrogen (secondary N) is 2. The van der Waals surface area contributed by atoms with Gasteiger partial charge in [-0.2, -0.15) is 0 Å². The van der Waals surface area contributed by atoms with Gasteiger partial charge in [0, 0.05) is 19.2 Å². The predicted molar refractivity (Wildman–Crippen MR) is 143 cm³/mol. The molecule has 0 saturated heterocycles. The molecule has 8 heteroatoms. The fourth-order valence-corrected chi connectivity index (χ4v) is 5.16. The summed E-state index contributed by atoms with van der Waals surface area (Å²) in [6.07, 6.45) is 0.277. The molecule has 3 aromatic carbocycles. The highest BCUT2D eigenvalue weighted by Crippen LogP contribution is 2.38. The molecule has 0 spiro atoms. The Kier molecular flexibility index (Phi) is 6.72. The van der Waals surface area contributed by atoms with E-state index in [1.165, 1.54) is 34.1 Å². The summed E-state index contributed by atoms with van der Waals surface area (Å²) in [5, 5.41) is 5.81. The Morgan fingerprint density at radius 1 is 1.05 bits per heavy atom. The third-order valence-electron chi connectivity index (χ3n) is 7.19. The molecule has 2 unspecified atom stereocenters. The number of aryl methyl sites for hydroxylation is 2. The number of urea groups is 1. The van der Waals surface area contributed by atoms with Crippen molar-refractivity contribution in [1.82, 2.24) is 15.1 Å². The molecule has 0 bridgehead atoms. The average Bonchev–Trinajstić information content (AvgIpc) is 3.24. The molecule has 38 heavy (non-hydrogen) atoms. The lowest BCUT2D eigenvalue weighted by molar-refractivity contribution is -0.134. The van der Waals surface area contributed by atoms with Crippen LogP contribution in [0.15, 0.2) is 84.1 Å². The van der Waals surface area contributed by atoms with Crippen molar-refractivity contribution in [3.8, 4) is 0 Å². The summed E-state index contributed by atoms with van der Waals surface area (Å²) in [6.45, 7) is 4.07. The number of nitrogens with zero attached hydrogens (tertiary/aromatic N) is 2. The second kappa shape index (κ2) is 10.1. The number of carbonyl (C=O) groups is 3. The van der Waals surface area contributed by atoms with E-state index in [4.69, 9.17) is 0 Å². The van der Waals surface area contributed by atoms with Gasteiger partial charge in [0.05, 0.1) is 23.9 Å². The number of likely N-dealkylation sites (N-methyl/N-ethyl adjacent to an activating group) is 1. The highest BCUT2D eigenvalue weighted by atomic mass is 19.1. The monoisotopic (exact) mass is 512 g/mol. The number of hydrogen-bond donors (Lipinski definition) is 2. The van der Waals surface area contributed by atoms with Crippen molar-refractivity contribution in [2.45, 2.75) is 32.4 Å². The summed E-state index contributed by atoms with van der Waals surface area (Å²) in [4.78, 5) is 43.6. The SMILES string of the molecule is Cc1ccc(C2NC(=O)N(C)C3=C2C(=O)N(C(Cc2ccccc2)C(=O)Nc2ccc(F)cc2)C3)c(C)c1. The molecule has 2 N–H and O–H groups in total. The van der Waals surface area contributed by atoms with E-state index in [0.29, 0.717) is 17.0 Å². The van der Waals surface area contributed by atoms with Crippen LogP contribution in [0, 0.1) is 19.7 Å². The molecule has 2 aliphatic heterocycles. The maximum atomic E-state index is 14.0. The van der Waals surface area contributed by atoms with E-state index >= 15 is 0 Å². The van der Waals surface area contributed by atoms with E-state index in [1.54, 1.807) is 7.05 Å². The van der Waals surface area contributed by atoms with Gasteiger partial charge in [0.2, 0.25) is 5.91 Å². The third kappa shape index (κ3) is 4.77. The van der Waals surface area contributed by atoms with Gasteiger partial charge in [-0.1, -0.05) is 54.1 Å². The first-order valence-corrected chi connectivity index (χ1v) is 12.5. The second-order valence-electron chi connectivity index (χ2n) is 9.80. The first-order chi connectivity index (χ1) is 18.2. The topological polar surface area (TPSA) is 81.8 Å². The van der Waals surface area contributed by atoms with Crippen LogP contribution in [0.25, 0.3) is 0 Å². The Balaban J connectivity index is 1.50. The van der Waals surface area contributed by atoms with Gasteiger partial charge in [-0.05, 0) is 54.8 Å². The fraction of sp³-hybridized carbons (Fsp3) is 0.233. The molecule has 0 fully saturated rings. The lowest BCUT2D eigenvalue weighted by atomic mass is 9.91. The van der Waals surface area contributed by atoms with Crippen molar-refractivity contribution in [3.05, 3.63) is 112 Å². The summed E-state index contributed by atoms with van der Waals surface area (Å²) >= 11 is 0. The lowest BCUT2D eigenvalue weighted by Crippen LogP contribution is -2.47. The van der Waals surface area contributed by atoms with E-state index in [-0.39, 0.29) is 24.9 Å². The Morgan fingerprint density at radius 3 is 2.45 bits per heavy atom. The Bertz CT molecular complexity index is 1440. The van der Waals surface area contributed by atoms with Crippen molar-refractivity contribution < 1.29 is 18.8 Å². The van der Waals surface area contributed by atoms with Crippen molar-refractivity contribution in [2.24, 2.45) is 0 Å². The van der Waals surface area contributed by atoms with Gasteiger partial charge in [0.1, 0.15) is 11.9 Å². The molecule has 0 aliphatic carbocycles. The first-order valence-electron chi connectivity index (χ1n) is 12.5. The van der Waals surface area contributed by atoms with Crippen LogP contribution in [0.3, 0.4) is 0 Å². The largest absolute Gasteiger partial charge is 0.326 e. The zero-order chi connectivity index (χ0) is 27.0. The normalized spacial score (nSPS) is 17.8. The van der Waals surface area contributed by atoms with Gasteiger partial charge < -0.3 is 15.5 Å². The maximum Gasteiger partial charge on any atom is 0.322 e. The second-order valence-corrected chi connectivity index (χ2v) is 9.80. The molecule has 4 amide bonds. The van der Waals surface area contributed by atoms with Crippen LogP contribution in [-0.2, 0) is 16.0 Å². The quantitative estimate of drug-likeness (QED) is 0.511. The van der Waals surface area contributed by atoms with Crippen LogP contribution in [0.5, 0.6) is 0 Å². The van der Waals surface area contributed by atoms with E-state index < -0.39 is 23.8 Å². The minimum Gasteiger partial charge on any atom is -0.326 e. The van der Waals surface area contributed by atoms with E-state index in [9.17, 15) is 18.8 Å². The summed E-state index contributed by atoms with van der Waals surface area (Å²) in [6, 6.07) is 19.1. The molecule has 2 heterocycles. The third-order valence-corrected chi connectivity index (χ3v) is 7.19. The number of anilines is 1. The minimum absolute atomic E-state index is 0.119. The van der Waals surface area contributed by atoms with E-state index in [2.05, 4.69) is 10.6 Å². The summed E-state index contributed by atoms with van der Waals surface area (Å²) in [5.74, 6) is -1.10. The summed E-state index contributed by atoms with van der Waals surface area (Å²) in [7, 11) is 1.63. The average molecular weight is 513 g/mol. The van der Waals surface area contributed by atoms with Gasteiger partial charge in [0.25, 0.3) is 5.91 Å². The number of amides is 4. The fourth-order valence-electron chi connectivity index (χ4n) is 5.16. The van der Waals surface area contributed by atoms with Gasteiger partial charge >= 0.3 is 6.03 Å². The Hall–Kier alpha value is -4.46. The first kappa shape index (κ1) is 25.2. The summed E-state index contributed by atoms with van der Waals surface area (Å²) < 4.78 is 13.4. The molecule has 5 rings (SSSR count). The molecule has 194 valence electrons. The lowest BCUT2D eigenvalue weighted by Gasteiger charge is -2.31. The summed E-state index contributed by atoms with van der Waals surface area (Å²) in [5.41, 5.74) is 5.25. The van der Waals surface area contributed by atoms with Gasteiger partial charge in [-0.15, -0.1) is 0 Å². The molecule has 0 radical (unpaired) electrons. The molecule has 0 aromatic heterocycles. The van der Waals surface area contributed by atoms with E-state index in [0.717, 1.165) is 22.3 Å². The molecule has 7 nitrogen and oxygen atoms in total. The number of halogens is 1. The van der Waals surface area contributed by atoms with E-state index in [1.807, 2.05) is 62.4 Å². The van der Waals surface area contributed by atoms with Crippen LogP contribution >= 0.6 is 0 Å². The zero-order valence-corrected chi connectivity index (χ0v) is 21.5. The molecular formula is C30H29FN4O3. The zero-order valence-electron chi connectivity index (χ0n) is 21.5. The Morgan fingerprint density at radius 2 is 1.76 bits per heavy atom. The standard InChI is InChI=1S/C30H29FN4O3/c1-18-9-14-23(19(2)15-18)27-26-25(34(3)30(38)33-27)17-35(29(26)37)24(16-20-7-5-4-6-8-20)28(36)32-22-12-10-21(31)11-13-22/h4-15,24,27H,16-17H2,1-3H3,(H,32,36)(H,33,38). The van der Waals surface area contributed by atoms with Crippen molar-refractivity contribution in [1.29, 1.82) is 0 Å². The van der Waals surface area contributed by atoms with Crippen molar-refractivity contribution in [2.75, 3.05) is 18.9 Å². The van der Waals surface area contributed by atoms with Crippen LogP contribution in [0.1, 0.15) is 28.3 Å². The molecule has 2 atom stereocenters. The van der Waals surface area contributed by atoms with Gasteiger partial charge in [0.15, 0.2) is 0 Å². The molecule has 2 aliphatic rings. The Labute approximate surface area is 220 Å². The van der Waals surface area contributed by atoms with Crippen LogP contribution in [0.2, 0.25) is 0 Å². The van der Waals surface area contributed by atoms with Crippen LogP contribution < -0.4 is 10.6 Å². The number of rotatable bonds is 6. The van der Waals surface area contributed by atoms with Crippen molar-refractivity contribution in [3.63, 3.8) is 0 Å². The predicted octanol–water partition coefficient (Wildman–Crippen LogP) is 4.48. The highest BCUT2D eigenvalue weighted by Gasteiger charge is 2.46. The van der Waals surface area contributed by atoms with Gasteiger partial charge in [-0.25, -0.2) is 9.18 Å². The smallest absolute Gasteiger partial charge is 0.322 e. The maximum absolute atomic E-state index is 14.0. The van der Waals surface area contributed by atoms with Crippen LogP contribution in [-0.4, -0.2) is 47.3 Å². The van der Waals surface area contributed by atoms with Crippen molar-refractivity contribution >= 4 is 23.5 Å². The molecular weight excluding hydrogens is 483 g/mol. The van der Waals surface area contributed by atoms with Crippen LogP contribution in [0.4, 0.5) is 14.9 Å².